The van der Waals surface area contributed by atoms with Crippen LogP contribution >= 0.6 is 23.5 Å². The van der Waals surface area contributed by atoms with Crippen LogP contribution in [0.1, 0.15) is 18.4 Å². The van der Waals surface area contributed by atoms with Crippen molar-refractivity contribution in [2.75, 3.05) is 12.3 Å². The first-order valence-electron chi connectivity index (χ1n) is 10.9. The van der Waals surface area contributed by atoms with Crippen LogP contribution in [-0.2, 0) is 21.4 Å². The van der Waals surface area contributed by atoms with Crippen LogP contribution in [0.2, 0.25) is 5.02 Å². The molecular weight excluding hydrogens is 574 g/mol. The van der Waals surface area contributed by atoms with Crippen molar-refractivity contribution in [2.45, 2.75) is 36.5 Å². The highest BCUT2D eigenvalue weighted by Crippen LogP contribution is 2.30. The van der Waals surface area contributed by atoms with Crippen LogP contribution < -0.4 is 10.5 Å². The fourth-order valence-corrected chi connectivity index (χ4v) is 5.56. The van der Waals surface area contributed by atoms with Gasteiger partial charge in [-0.1, -0.05) is 28.9 Å². The molecule has 0 aliphatic heterocycles. The molecule has 3 rings (SSSR count). The number of carbonyl (C=O) groups excluding carboxylic acids is 1. The normalized spacial score (nSPS) is 13.0. The van der Waals surface area contributed by atoms with Crippen molar-refractivity contribution < 1.29 is 35.3 Å². The number of aromatic nitrogens is 2. The van der Waals surface area contributed by atoms with Gasteiger partial charge in [-0.3, -0.25) is 9.52 Å². The van der Waals surface area contributed by atoms with Gasteiger partial charge in [-0.2, -0.15) is 22.5 Å². The van der Waals surface area contributed by atoms with E-state index in [0.29, 0.717) is 4.31 Å². The van der Waals surface area contributed by atoms with Gasteiger partial charge in [0.15, 0.2) is 0 Å². The molecular formula is C22H22ClF4N5O4S2. The molecule has 0 bridgehead atoms. The van der Waals surface area contributed by atoms with Crippen molar-refractivity contribution in [3.63, 3.8) is 0 Å². The molecule has 0 spiro atoms. The molecule has 38 heavy (non-hydrogen) atoms. The molecule has 0 aliphatic carbocycles. The van der Waals surface area contributed by atoms with E-state index in [4.69, 9.17) is 17.3 Å². The average molecular weight is 596 g/mol. The van der Waals surface area contributed by atoms with Gasteiger partial charge in [0.25, 0.3) is 0 Å². The monoisotopic (exact) mass is 595 g/mol. The molecule has 0 saturated heterocycles. The van der Waals surface area contributed by atoms with E-state index in [9.17, 15) is 26.4 Å². The number of carbonyl (C=O) groups is 1. The Balaban J connectivity index is 2.05. The number of rotatable bonds is 12. The van der Waals surface area contributed by atoms with Crippen LogP contribution in [0.15, 0.2) is 58.3 Å². The predicted octanol–water partition coefficient (Wildman–Crippen LogP) is 4.15. The van der Waals surface area contributed by atoms with Gasteiger partial charge in [0.1, 0.15) is 11.9 Å². The molecule has 3 N–H and O–H groups in total. The highest BCUT2D eigenvalue weighted by Gasteiger charge is 2.39. The zero-order valence-corrected chi connectivity index (χ0v) is 21.9. The van der Waals surface area contributed by atoms with E-state index in [-0.39, 0.29) is 39.2 Å². The van der Waals surface area contributed by atoms with Gasteiger partial charge in [-0.15, -0.1) is 0 Å². The van der Waals surface area contributed by atoms with Crippen molar-refractivity contribution in [1.82, 2.24) is 19.2 Å². The second-order valence-electron chi connectivity index (χ2n) is 7.84. The van der Waals surface area contributed by atoms with Gasteiger partial charge in [0.2, 0.25) is 28.1 Å². The Morgan fingerprint density at radius 3 is 2.50 bits per heavy atom. The molecule has 1 amide bonds. The first kappa shape index (κ1) is 29.8. The summed E-state index contributed by atoms with van der Waals surface area (Å²) in [4.78, 5) is 16.5. The molecule has 1 heterocycles. The van der Waals surface area contributed by atoms with Crippen LogP contribution in [0.5, 0.6) is 0 Å². The zero-order chi connectivity index (χ0) is 27.9. The van der Waals surface area contributed by atoms with Crippen molar-refractivity contribution in [3.8, 4) is 11.4 Å². The Kier molecular flexibility index (Phi) is 10.1. The lowest BCUT2D eigenvalue weighted by molar-refractivity contribution is -0.140. The predicted molar refractivity (Wildman–Crippen MR) is 133 cm³/mol. The number of halogens is 5. The zero-order valence-electron chi connectivity index (χ0n) is 19.5. The fourth-order valence-electron chi connectivity index (χ4n) is 3.34. The maximum Gasteiger partial charge on any atom is 0.389 e. The summed E-state index contributed by atoms with van der Waals surface area (Å²) in [6.45, 7) is -0.594. The minimum Gasteiger partial charge on any atom is -0.342 e. The second-order valence-corrected chi connectivity index (χ2v) is 11.1. The quantitative estimate of drug-likeness (QED) is 0.181. The number of amides is 1. The molecule has 16 heteroatoms. The second kappa shape index (κ2) is 12.9. The Hall–Kier alpha value is -2.72. The Bertz CT molecular complexity index is 1330. The minimum absolute atomic E-state index is 0.0699. The molecule has 0 radical (unpaired) electrons. The number of hydrogen-bond donors (Lipinski definition) is 2. The summed E-state index contributed by atoms with van der Waals surface area (Å²) in [6.07, 6.45) is -6.02. The minimum atomic E-state index is -4.68. The van der Waals surface area contributed by atoms with Gasteiger partial charge in [-0.25, -0.2) is 12.8 Å². The molecule has 0 saturated carbocycles. The summed E-state index contributed by atoms with van der Waals surface area (Å²) in [7, 11) is -4.62. The van der Waals surface area contributed by atoms with Gasteiger partial charge in [0.05, 0.1) is 4.90 Å². The largest absolute Gasteiger partial charge is 0.389 e. The third-order valence-electron chi connectivity index (χ3n) is 5.16. The van der Waals surface area contributed by atoms with Crippen molar-refractivity contribution in [1.29, 1.82) is 0 Å². The van der Waals surface area contributed by atoms with E-state index in [1.165, 1.54) is 24.3 Å². The third kappa shape index (κ3) is 7.89. The van der Waals surface area contributed by atoms with Crippen LogP contribution in [-0.4, -0.2) is 53.3 Å². The third-order valence-corrected chi connectivity index (χ3v) is 8.07. The summed E-state index contributed by atoms with van der Waals surface area (Å²) in [5.41, 5.74) is 5.41. The maximum atomic E-state index is 15.1. The Morgan fingerprint density at radius 2 is 1.92 bits per heavy atom. The van der Waals surface area contributed by atoms with Gasteiger partial charge < -0.3 is 10.3 Å². The van der Waals surface area contributed by atoms with E-state index in [0.717, 1.165) is 36.5 Å². The number of alkyl halides is 3. The number of nitrogens with two attached hydrogens (primary N) is 1. The molecule has 0 unspecified atom stereocenters. The molecule has 9 nitrogen and oxygen atoms in total. The van der Waals surface area contributed by atoms with Crippen molar-refractivity contribution in [3.05, 3.63) is 65.3 Å². The van der Waals surface area contributed by atoms with Gasteiger partial charge in [0, 0.05) is 41.4 Å². The van der Waals surface area contributed by atoms with Crippen LogP contribution in [0, 0.1) is 5.82 Å². The molecule has 206 valence electrons. The lowest BCUT2D eigenvalue weighted by Crippen LogP contribution is -2.48. The highest BCUT2D eigenvalue weighted by atomic mass is 35.5. The van der Waals surface area contributed by atoms with E-state index in [2.05, 4.69) is 19.4 Å². The van der Waals surface area contributed by atoms with Crippen LogP contribution in [0.4, 0.5) is 17.6 Å². The molecule has 3 aromatic rings. The first-order valence-corrected chi connectivity index (χ1v) is 13.7. The van der Waals surface area contributed by atoms with Crippen LogP contribution in [0.3, 0.4) is 0 Å². The Morgan fingerprint density at radius 1 is 1.21 bits per heavy atom. The SMILES string of the molecule is NCCSNC(=O)[C@@H](CCC(F)(F)F)N(Cc1ccc(-c2ncon2)cc1F)S(=O)(=O)c1ccc(Cl)cc1. The first-order chi connectivity index (χ1) is 17.9. The van der Waals surface area contributed by atoms with E-state index in [1.54, 1.807) is 0 Å². The van der Waals surface area contributed by atoms with Gasteiger partial charge >= 0.3 is 6.18 Å². The summed E-state index contributed by atoms with van der Waals surface area (Å²) >= 11 is 6.67. The van der Waals surface area contributed by atoms with Gasteiger partial charge in [-0.05, 0) is 48.7 Å². The molecule has 1 aromatic heterocycles. The number of benzene rings is 2. The fraction of sp³-hybridized carbons (Fsp3) is 0.318. The molecule has 2 aromatic carbocycles. The summed E-state index contributed by atoms with van der Waals surface area (Å²) < 4.78 is 89.4. The molecule has 0 fully saturated rings. The standard InChI is InChI=1S/C22H22ClF4N5O4S2/c23-16-3-5-17(6-4-16)38(34,35)32(19(7-8-22(25,26)27)21(33)31-37-10-9-28)12-15-2-1-14(11-18(15)24)20-29-13-36-30-20/h1-6,11,13,19H,7-10,12,28H2,(H,31,33)/t19-/m1/s1. The molecule has 1 atom stereocenters. The smallest absolute Gasteiger partial charge is 0.342 e. The topological polar surface area (TPSA) is 131 Å². The highest BCUT2D eigenvalue weighted by molar-refractivity contribution is 7.97. The number of sulfonamides is 1. The van der Waals surface area contributed by atoms with Crippen molar-refractivity contribution in [2.24, 2.45) is 5.73 Å². The number of hydrogen-bond acceptors (Lipinski definition) is 8. The Labute approximate surface area is 224 Å². The maximum absolute atomic E-state index is 15.1. The summed E-state index contributed by atoms with van der Waals surface area (Å²) in [5, 5.41) is 3.81. The van der Waals surface area contributed by atoms with E-state index in [1.807, 2.05) is 0 Å². The summed E-state index contributed by atoms with van der Waals surface area (Å²) in [6, 6.07) is 6.63. The summed E-state index contributed by atoms with van der Waals surface area (Å²) in [5.74, 6) is -1.60. The number of nitrogens with one attached hydrogen (secondary N) is 1. The van der Waals surface area contributed by atoms with Crippen LogP contribution in [0.25, 0.3) is 11.4 Å². The number of nitrogens with zero attached hydrogens (tertiary/aromatic N) is 3. The lowest BCUT2D eigenvalue weighted by Gasteiger charge is -2.30. The average Bonchev–Trinajstić information content (AvgIpc) is 3.39. The lowest BCUT2D eigenvalue weighted by atomic mass is 10.1. The van der Waals surface area contributed by atoms with E-state index >= 15 is 4.39 Å². The van der Waals surface area contributed by atoms with E-state index < -0.39 is 53.4 Å². The van der Waals surface area contributed by atoms with Crippen molar-refractivity contribution >= 4 is 39.5 Å². The molecule has 0 aliphatic rings.